The summed E-state index contributed by atoms with van der Waals surface area (Å²) in [5.41, 5.74) is -0.398. The van der Waals surface area contributed by atoms with Crippen LogP contribution < -0.4 is 18.9 Å². The SMILES string of the molecule is CC(C)(C)OC(=O)[CH-]N1[Si](C)(C)CC[Si]1(C)C.[Li+]. The van der Waals surface area contributed by atoms with Gasteiger partial charge in [0.25, 0.3) is 0 Å². The van der Waals surface area contributed by atoms with Gasteiger partial charge in [-0.05, 0) is 32.9 Å². The van der Waals surface area contributed by atoms with Gasteiger partial charge >= 0.3 is 18.9 Å². The third-order valence-electron chi connectivity index (χ3n) is 3.29. The molecular weight excluding hydrogens is 253 g/mol. The molecule has 0 radical (unpaired) electrons. The van der Waals surface area contributed by atoms with Crippen LogP contribution in [0.1, 0.15) is 20.8 Å². The van der Waals surface area contributed by atoms with E-state index in [1.54, 1.807) is 6.54 Å². The van der Waals surface area contributed by atoms with E-state index in [1.807, 2.05) is 20.8 Å². The van der Waals surface area contributed by atoms with Crippen molar-refractivity contribution in [2.75, 3.05) is 0 Å². The molecule has 0 spiro atoms. The van der Waals surface area contributed by atoms with Crippen LogP contribution in [-0.4, -0.2) is 32.3 Å². The summed E-state index contributed by atoms with van der Waals surface area (Å²) in [4.78, 5) is 11.9. The zero-order valence-electron chi connectivity index (χ0n) is 13.3. The van der Waals surface area contributed by atoms with Crippen LogP contribution in [0.5, 0.6) is 0 Å². The number of hydrogen-bond acceptors (Lipinski definition) is 3. The first-order chi connectivity index (χ1) is 7.44. The van der Waals surface area contributed by atoms with Crippen molar-refractivity contribution in [2.24, 2.45) is 0 Å². The second kappa shape index (κ2) is 5.76. The summed E-state index contributed by atoms with van der Waals surface area (Å²) < 4.78 is 7.82. The number of ether oxygens (including phenoxy) is 1. The molecule has 0 aromatic rings. The zero-order chi connectivity index (χ0) is 13.5. The molecule has 0 aliphatic carbocycles. The molecule has 0 atom stereocenters. The maximum absolute atomic E-state index is 11.9. The van der Waals surface area contributed by atoms with Crippen molar-refractivity contribution in [1.82, 2.24) is 4.23 Å². The Labute approximate surface area is 126 Å². The number of carbonyl (C=O) groups excluding carboxylic acids is 1. The summed E-state index contributed by atoms with van der Waals surface area (Å²) in [6, 6.07) is 2.59. The van der Waals surface area contributed by atoms with Crippen LogP contribution in [0.2, 0.25) is 38.3 Å². The molecule has 0 saturated carbocycles. The third-order valence-corrected chi connectivity index (χ3v) is 13.2. The number of carbonyl (C=O) groups is 1. The van der Waals surface area contributed by atoms with Gasteiger partial charge < -0.3 is 8.97 Å². The van der Waals surface area contributed by atoms with E-state index in [0.717, 1.165) is 0 Å². The van der Waals surface area contributed by atoms with Gasteiger partial charge in [-0.3, -0.25) is 4.79 Å². The van der Waals surface area contributed by atoms with Crippen molar-refractivity contribution in [3.05, 3.63) is 6.54 Å². The normalized spacial score (nSPS) is 22.2. The number of esters is 1. The Morgan fingerprint density at radius 1 is 1.11 bits per heavy atom. The van der Waals surface area contributed by atoms with Gasteiger partial charge in [0.05, 0.1) is 16.5 Å². The smallest absolute Gasteiger partial charge is 0.482 e. The molecule has 1 aliphatic heterocycles. The fraction of sp³-hybridized carbons (Fsp3) is 0.833. The molecule has 6 heteroatoms. The van der Waals surface area contributed by atoms with Gasteiger partial charge in [0, 0.05) is 0 Å². The first-order valence-electron chi connectivity index (χ1n) is 6.31. The molecule has 3 nitrogen and oxygen atoms in total. The Hall–Kier alpha value is 0.331. The van der Waals surface area contributed by atoms with E-state index in [9.17, 15) is 4.79 Å². The van der Waals surface area contributed by atoms with Crippen molar-refractivity contribution in [3.63, 3.8) is 0 Å². The first kappa shape index (κ1) is 18.3. The van der Waals surface area contributed by atoms with Crippen molar-refractivity contribution in [1.29, 1.82) is 0 Å². The molecule has 1 saturated heterocycles. The Balaban J connectivity index is 0.00000289. The van der Waals surface area contributed by atoms with Crippen molar-refractivity contribution in [2.45, 2.75) is 64.6 Å². The molecule has 1 fully saturated rings. The maximum Gasteiger partial charge on any atom is 1.00 e. The maximum atomic E-state index is 11.9. The average Bonchev–Trinajstić information content (AvgIpc) is 2.25. The molecule has 1 rings (SSSR count). The summed E-state index contributed by atoms with van der Waals surface area (Å²) >= 11 is 0. The molecular formula is C12H26LiNO2Si2. The van der Waals surface area contributed by atoms with Crippen LogP contribution in [0.3, 0.4) is 0 Å². The van der Waals surface area contributed by atoms with E-state index in [2.05, 4.69) is 30.4 Å². The van der Waals surface area contributed by atoms with Gasteiger partial charge in [0.15, 0.2) is 5.97 Å². The Morgan fingerprint density at radius 2 is 1.50 bits per heavy atom. The van der Waals surface area contributed by atoms with Crippen molar-refractivity contribution in [3.8, 4) is 0 Å². The number of nitrogens with zero attached hydrogens (tertiary/aromatic N) is 1. The van der Waals surface area contributed by atoms with Crippen molar-refractivity contribution >= 4 is 22.4 Å². The summed E-state index contributed by atoms with van der Waals surface area (Å²) in [6.45, 7) is 16.9. The largest absolute Gasteiger partial charge is 1.00 e. The summed E-state index contributed by atoms with van der Waals surface area (Å²) in [7, 11) is -2.81. The minimum Gasteiger partial charge on any atom is -0.482 e. The van der Waals surface area contributed by atoms with E-state index in [1.165, 1.54) is 12.1 Å². The topological polar surface area (TPSA) is 29.5 Å². The number of rotatable bonds is 2. The second-order valence-electron chi connectivity index (χ2n) is 7.16. The molecule has 0 unspecified atom stereocenters. The predicted molar refractivity (Wildman–Crippen MR) is 76.6 cm³/mol. The molecule has 0 bridgehead atoms. The summed E-state index contributed by atoms with van der Waals surface area (Å²) in [6.07, 6.45) is 0. The monoisotopic (exact) mass is 279 g/mol. The Kier molecular flexibility index (Phi) is 5.86. The van der Waals surface area contributed by atoms with E-state index in [0.29, 0.717) is 0 Å². The number of hydrogen-bond donors (Lipinski definition) is 0. The van der Waals surface area contributed by atoms with Gasteiger partial charge in [-0.1, -0.05) is 26.2 Å². The second-order valence-corrected chi connectivity index (χ2v) is 16.8. The van der Waals surface area contributed by atoms with Gasteiger partial charge in [-0.15, -0.1) is 0 Å². The van der Waals surface area contributed by atoms with Gasteiger partial charge in [0.1, 0.15) is 5.60 Å². The predicted octanol–water partition coefficient (Wildman–Crippen LogP) is 0.220. The molecule has 0 aromatic carbocycles. The Morgan fingerprint density at radius 3 is 1.83 bits per heavy atom. The third kappa shape index (κ3) is 4.78. The molecule has 1 aliphatic rings. The first-order valence-corrected chi connectivity index (χ1v) is 12.6. The van der Waals surface area contributed by atoms with Crippen LogP contribution >= 0.6 is 0 Å². The molecule has 1 heterocycles. The van der Waals surface area contributed by atoms with E-state index >= 15 is 0 Å². The molecule has 0 aromatic heterocycles. The van der Waals surface area contributed by atoms with Gasteiger partial charge in [0.2, 0.25) is 0 Å². The minimum absolute atomic E-state index is 0. The molecule has 100 valence electrons. The van der Waals surface area contributed by atoms with Crippen LogP contribution in [0.25, 0.3) is 0 Å². The zero-order valence-corrected chi connectivity index (χ0v) is 15.3. The van der Waals surface area contributed by atoms with Gasteiger partial charge in [-0.25, -0.2) is 6.54 Å². The molecule has 0 N–H and O–H groups in total. The summed E-state index contributed by atoms with van der Waals surface area (Å²) in [5.74, 6) is -0.180. The average molecular weight is 279 g/mol. The van der Waals surface area contributed by atoms with E-state index in [4.69, 9.17) is 4.74 Å². The fourth-order valence-corrected chi connectivity index (χ4v) is 16.0. The van der Waals surface area contributed by atoms with Crippen LogP contribution in [-0.2, 0) is 9.53 Å². The standard InChI is InChI=1S/C12H26NO2Si2.Li/c1-12(2,3)15-11(14)10-13-16(4,5)8-9-17(13,6)7;/h10H,8-9H2,1-7H3;/q-1;+1. The quantitative estimate of drug-likeness (QED) is 0.411. The van der Waals surface area contributed by atoms with Crippen LogP contribution in [0.4, 0.5) is 0 Å². The van der Waals surface area contributed by atoms with Crippen LogP contribution in [0, 0.1) is 6.54 Å². The fourth-order valence-electron chi connectivity index (χ4n) is 2.46. The minimum atomic E-state index is -1.40. The van der Waals surface area contributed by atoms with Crippen LogP contribution in [0.15, 0.2) is 0 Å². The van der Waals surface area contributed by atoms with E-state index < -0.39 is 22.1 Å². The Bertz CT molecular complexity index is 298. The van der Waals surface area contributed by atoms with Crippen molar-refractivity contribution < 1.29 is 28.4 Å². The molecule has 0 amide bonds. The summed E-state index contributed by atoms with van der Waals surface area (Å²) in [5, 5.41) is 0. The van der Waals surface area contributed by atoms with Gasteiger partial charge in [-0.2, -0.15) is 0 Å². The van der Waals surface area contributed by atoms with E-state index in [-0.39, 0.29) is 24.8 Å². The molecule has 18 heavy (non-hydrogen) atoms.